The summed E-state index contributed by atoms with van der Waals surface area (Å²) in [6.07, 6.45) is 1.58. The fraction of sp³-hybridized carbons (Fsp3) is 0.581. The fourth-order valence-electron chi connectivity index (χ4n) is 4.99. The standard InChI is InChI=1S/C31H45BrN4O6/c1-18(2)22(16-19(3)29(41)42-36-23(37)14-15-24(36)38)35(10)28(40)26(30(4,5)6)34-27(39)25(33-9)31(7,8)20-12-11-13-21(32)17-20/h11-13,16-18,22,25-26,33H,14-15H2,1-10H3,(H,34,39)/b19-16+/t22-,25-,26?/m1/s1. The van der Waals surface area contributed by atoms with Crippen molar-refractivity contribution in [1.29, 1.82) is 0 Å². The van der Waals surface area contributed by atoms with E-state index in [9.17, 15) is 24.0 Å². The maximum atomic E-state index is 14.0. The lowest BCUT2D eigenvalue weighted by Crippen LogP contribution is -2.61. The maximum Gasteiger partial charge on any atom is 0.359 e. The molecule has 0 aromatic heterocycles. The number of hydroxylamine groups is 2. The predicted octanol–water partition coefficient (Wildman–Crippen LogP) is 3.88. The van der Waals surface area contributed by atoms with Crippen molar-refractivity contribution in [2.75, 3.05) is 14.1 Å². The number of hydrogen-bond donors (Lipinski definition) is 2. The van der Waals surface area contributed by atoms with Crippen LogP contribution in [0.25, 0.3) is 0 Å². The van der Waals surface area contributed by atoms with E-state index in [1.807, 2.05) is 72.7 Å². The molecule has 1 heterocycles. The van der Waals surface area contributed by atoms with Gasteiger partial charge < -0.3 is 20.4 Å². The van der Waals surface area contributed by atoms with Gasteiger partial charge in [0.1, 0.15) is 6.04 Å². The molecule has 2 N–H and O–H groups in total. The van der Waals surface area contributed by atoms with Crippen molar-refractivity contribution in [1.82, 2.24) is 20.6 Å². The highest BCUT2D eigenvalue weighted by molar-refractivity contribution is 9.10. The molecular weight excluding hydrogens is 604 g/mol. The topological polar surface area (TPSA) is 125 Å². The van der Waals surface area contributed by atoms with Crippen LogP contribution in [0.15, 0.2) is 40.4 Å². The molecule has 0 radical (unpaired) electrons. The second-order valence-electron chi connectivity index (χ2n) is 12.8. The molecule has 3 atom stereocenters. The number of rotatable bonds is 11. The van der Waals surface area contributed by atoms with Crippen LogP contribution >= 0.6 is 15.9 Å². The number of carbonyl (C=O) groups is 5. The van der Waals surface area contributed by atoms with Crippen LogP contribution < -0.4 is 10.6 Å². The van der Waals surface area contributed by atoms with E-state index in [2.05, 4.69) is 26.6 Å². The van der Waals surface area contributed by atoms with Crippen LogP contribution in [0.3, 0.4) is 0 Å². The monoisotopic (exact) mass is 648 g/mol. The zero-order valence-electron chi connectivity index (χ0n) is 26.3. The van der Waals surface area contributed by atoms with Gasteiger partial charge in [0.2, 0.25) is 11.8 Å². The van der Waals surface area contributed by atoms with Gasteiger partial charge in [0.05, 0.1) is 12.1 Å². The van der Waals surface area contributed by atoms with E-state index in [4.69, 9.17) is 4.84 Å². The van der Waals surface area contributed by atoms with Gasteiger partial charge in [-0.05, 0) is 43.0 Å². The van der Waals surface area contributed by atoms with Crippen LogP contribution in [0.1, 0.15) is 73.8 Å². The first kappa shape index (κ1) is 35.1. The van der Waals surface area contributed by atoms with Crippen molar-refractivity contribution in [3.8, 4) is 0 Å². The molecule has 1 fully saturated rings. The number of benzene rings is 1. The second-order valence-corrected chi connectivity index (χ2v) is 13.7. The highest BCUT2D eigenvalue weighted by Crippen LogP contribution is 2.30. The van der Waals surface area contributed by atoms with Crippen LogP contribution in [0, 0.1) is 11.3 Å². The van der Waals surface area contributed by atoms with E-state index in [1.54, 1.807) is 20.2 Å². The Labute approximate surface area is 257 Å². The smallest absolute Gasteiger partial charge is 0.342 e. The summed E-state index contributed by atoms with van der Waals surface area (Å²) in [5.41, 5.74) is -0.164. The Bertz CT molecular complexity index is 1220. The minimum absolute atomic E-state index is 0.00483. The molecule has 0 saturated carbocycles. The van der Waals surface area contributed by atoms with Gasteiger partial charge >= 0.3 is 5.97 Å². The van der Waals surface area contributed by atoms with Gasteiger partial charge in [-0.2, -0.15) is 0 Å². The lowest BCUT2D eigenvalue weighted by molar-refractivity contribution is -0.194. The number of halogens is 1. The van der Waals surface area contributed by atoms with Crippen molar-refractivity contribution < 1.29 is 28.8 Å². The van der Waals surface area contributed by atoms with E-state index < -0.39 is 46.7 Å². The minimum atomic E-state index is -0.883. The largest absolute Gasteiger partial charge is 0.359 e. The molecule has 1 aromatic carbocycles. The highest BCUT2D eigenvalue weighted by Gasteiger charge is 2.42. The Morgan fingerprint density at radius 3 is 2.10 bits per heavy atom. The molecule has 0 spiro atoms. The molecule has 0 bridgehead atoms. The molecule has 1 aliphatic rings. The van der Waals surface area contributed by atoms with E-state index >= 15 is 0 Å². The summed E-state index contributed by atoms with van der Waals surface area (Å²) in [5.74, 6) is -2.75. The number of likely N-dealkylation sites (N-methyl/N-ethyl adjacent to an activating group) is 2. The van der Waals surface area contributed by atoms with Crippen LogP contribution in [-0.2, 0) is 34.2 Å². The Morgan fingerprint density at radius 1 is 1.05 bits per heavy atom. The van der Waals surface area contributed by atoms with Gasteiger partial charge in [-0.25, -0.2) is 4.79 Å². The third-order valence-electron chi connectivity index (χ3n) is 7.64. The summed E-state index contributed by atoms with van der Waals surface area (Å²) in [5, 5.41) is 6.64. The van der Waals surface area contributed by atoms with E-state index in [0.717, 1.165) is 10.0 Å². The Morgan fingerprint density at radius 2 is 1.62 bits per heavy atom. The molecule has 42 heavy (non-hydrogen) atoms. The quantitative estimate of drug-likeness (QED) is 0.276. The van der Waals surface area contributed by atoms with Gasteiger partial charge in [0, 0.05) is 35.4 Å². The third-order valence-corrected chi connectivity index (χ3v) is 8.13. The summed E-state index contributed by atoms with van der Waals surface area (Å²) >= 11 is 3.50. The second kappa shape index (κ2) is 13.9. The molecule has 4 amide bonds. The Hall–Kier alpha value is -3.05. The normalized spacial score (nSPS) is 16.8. The molecule has 11 heteroatoms. The van der Waals surface area contributed by atoms with Gasteiger partial charge in [0.25, 0.3) is 11.8 Å². The third kappa shape index (κ3) is 8.28. The first-order valence-electron chi connectivity index (χ1n) is 14.1. The SMILES string of the molecule is CN[C@H](C(=O)NC(C(=O)N(C)[C@H](/C=C(\C)C(=O)ON1C(=O)CCC1=O)C(C)C)C(C)(C)C)C(C)(C)c1cccc(Br)c1. The zero-order valence-corrected chi connectivity index (χ0v) is 27.9. The molecular formula is C31H45BrN4O6. The van der Waals surface area contributed by atoms with Gasteiger partial charge in [-0.3, -0.25) is 19.2 Å². The number of hydrogen-bond acceptors (Lipinski definition) is 7. The fourth-order valence-corrected chi connectivity index (χ4v) is 5.39. The first-order valence-corrected chi connectivity index (χ1v) is 14.9. The Balaban J connectivity index is 2.31. The van der Waals surface area contributed by atoms with Crippen LogP contribution in [0.4, 0.5) is 0 Å². The highest BCUT2D eigenvalue weighted by atomic mass is 79.9. The van der Waals surface area contributed by atoms with Crippen molar-refractivity contribution in [3.05, 3.63) is 46.0 Å². The molecule has 1 aromatic rings. The number of nitrogens with one attached hydrogen (secondary N) is 2. The number of imide groups is 1. The molecule has 1 unspecified atom stereocenters. The number of nitrogens with zero attached hydrogens (tertiary/aromatic N) is 2. The van der Waals surface area contributed by atoms with Gasteiger partial charge in [0.15, 0.2) is 0 Å². The summed E-state index contributed by atoms with van der Waals surface area (Å²) in [4.78, 5) is 70.8. The predicted molar refractivity (Wildman–Crippen MR) is 164 cm³/mol. The number of amides is 4. The van der Waals surface area contributed by atoms with Crippen LogP contribution in [0.5, 0.6) is 0 Å². The molecule has 1 saturated heterocycles. The molecule has 0 aliphatic carbocycles. The first-order chi connectivity index (χ1) is 19.3. The minimum Gasteiger partial charge on any atom is -0.342 e. The maximum absolute atomic E-state index is 14.0. The van der Waals surface area contributed by atoms with Crippen LogP contribution in [0.2, 0.25) is 0 Å². The van der Waals surface area contributed by atoms with Crippen molar-refractivity contribution >= 4 is 45.5 Å². The van der Waals surface area contributed by atoms with Crippen molar-refractivity contribution in [3.63, 3.8) is 0 Å². The van der Waals surface area contributed by atoms with Gasteiger partial charge in [-0.1, -0.05) is 82.6 Å². The summed E-state index contributed by atoms with van der Waals surface area (Å²) in [6.45, 7) is 14.9. The molecule has 232 valence electrons. The lowest BCUT2D eigenvalue weighted by atomic mass is 9.76. The molecule has 2 rings (SSSR count). The van der Waals surface area contributed by atoms with Crippen LogP contribution in [-0.4, -0.2) is 71.8 Å². The van der Waals surface area contributed by atoms with Gasteiger partial charge in [-0.15, -0.1) is 5.06 Å². The lowest BCUT2D eigenvalue weighted by Gasteiger charge is -2.40. The van der Waals surface area contributed by atoms with E-state index in [0.29, 0.717) is 5.06 Å². The average molecular weight is 650 g/mol. The van der Waals surface area contributed by atoms with E-state index in [1.165, 1.54) is 11.8 Å². The molecule has 10 nitrogen and oxygen atoms in total. The summed E-state index contributed by atoms with van der Waals surface area (Å²) in [7, 11) is 3.34. The number of carbonyl (C=O) groups excluding carboxylic acids is 5. The zero-order chi connectivity index (χ0) is 32.2. The van der Waals surface area contributed by atoms with E-state index in [-0.39, 0.29) is 36.1 Å². The summed E-state index contributed by atoms with van der Waals surface area (Å²) in [6, 6.07) is 5.69. The summed E-state index contributed by atoms with van der Waals surface area (Å²) < 4.78 is 0.901. The molecule has 1 aliphatic heterocycles. The Kier molecular flexibility index (Phi) is 11.7. The van der Waals surface area contributed by atoms with Crippen molar-refractivity contribution in [2.45, 2.75) is 91.8 Å². The average Bonchev–Trinajstić information content (AvgIpc) is 3.20. The van der Waals surface area contributed by atoms with Crippen molar-refractivity contribution in [2.24, 2.45) is 11.3 Å².